The van der Waals surface area contributed by atoms with Crippen molar-refractivity contribution in [3.63, 3.8) is 0 Å². The van der Waals surface area contributed by atoms with Gasteiger partial charge in [0.05, 0.1) is 5.92 Å². The van der Waals surface area contributed by atoms with Crippen molar-refractivity contribution in [1.29, 1.82) is 0 Å². The predicted octanol–water partition coefficient (Wildman–Crippen LogP) is 2.76. The Hall–Kier alpha value is -1.64. The van der Waals surface area contributed by atoms with E-state index in [1.165, 1.54) is 0 Å². The number of Topliss-reactive ketones (excluding diaryl/α,β-unsaturated/α-hetero) is 1. The van der Waals surface area contributed by atoms with Gasteiger partial charge >= 0.3 is 5.97 Å². The first kappa shape index (κ1) is 11.8. The molecule has 0 atom stereocenters. The van der Waals surface area contributed by atoms with Crippen molar-refractivity contribution in [3.8, 4) is 0 Å². The number of carbonyl (C=O) groups is 2. The lowest BCUT2D eigenvalue weighted by Crippen LogP contribution is -2.25. The van der Waals surface area contributed by atoms with Crippen LogP contribution >= 0.6 is 0 Å². The molecule has 90 valence electrons. The second kappa shape index (κ2) is 5.13. The summed E-state index contributed by atoms with van der Waals surface area (Å²) in [6, 6.07) is 9.25. The summed E-state index contributed by atoms with van der Waals surface area (Å²) in [5.74, 6) is -0.812. The zero-order valence-electron chi connectivity index (χ0n) is 9.63. The van der Waals surface area contributed by atoms with Crippen molar-refractivity contribution in [1.82, 2.24) is 0 Å². The lowest BCUT2D eigenvalue weighted by Gasteiger charge is -2.24. The lowest BCUT2D eigenvalue weighted by molar-refractivity contribution is -0.143. The van der Waals surface area contributed by atoms with E-state index in [4.69, 9.17) is 5.11 Å². The molecule has 3 nitrogen and oxygen atoms in total. The molecule has 1 saturated carbocycles. The quantitative estimate of drug-likeness (QED) is 0.815. The molecule has 0 saturated heterocycles. The Labute approximate surface area is 100 Å². The van der Waals surface area contributed by atoms with Crippen molar-refractivity contribution in [2.75, 3.05) is 0 Å². The Kier molecular flexibility index (Phi) is 3.57. The van der Waals surface area contributed by atoms with Crippen LogP contribution in [0, 0.1) is 11.8 Å². The van der Waals surface area contributed by atoms with Gasteiger partial charge in [0, 0.05) is 11.5 Å². The third kappa shape index (κ3) is 2.73. The molecule has 0 heterocycles. The highest BCUT2D eigenvalue weighted by Gasteiger charge is 2.29. The van der Waals surface area contributed by atoms with Crippen LogP contribution in [-0.4, -0.2) is 16.9 Å². The largest absolute Gasteiger partial charge is 0.481 e. The Balaban J connectivity index is 1.98. The number of carboxylic acids is 1. The van der Waals surface area contributed by atoms with Crippen LogP contribution in [0.5, 0.6) is 0 Å². The van der Waals surface area contributed by atoms with Gasteiger partial charge in [-0.1, -0.05) is 30.3 Å². The van der Waals surface area contributed by atoms with Gasteiger partial charge < -0.3 is 5.11 Å². The van der Waals surface area contributed by atoms with Crippen molar-refractivity contribution in [3.05, 3.63) is 35.9 Å². The van der Waals surface area contributed by atoms with Crippen LogP contribution in [0.3, 0.4) is 0 Å². The average molecular weight is 232 g/mol. The number of hydrogen-bond acceptors (Lipinski definition) is 2. The molecule has 1 aromatic carbocycles. The van der Waals surface area contributed by atoms with Gasteiger partial charge in [-0.2, -0.15) is 0 Å². The number of carboxylic acid groups (broad SMARTS) is 1. The summed E-state index contributed by atoms with van der Waals surface area (Å²) < 4.78 is 0. The molecule has 0 radical (unpaired) electrons. The molecule has 1 aromatic rings. The van der Waals surface area contributed by atoms with Crippen LogP contribution < -0.4 is 0 Å². The van der Waals surface area contributed by atoms with E-state index in [9.17, 15) is 9.59 Å². The smallest absolute Gasteiger partial charge is 0.306 e. The van der Waals surface area contributed by atoms with E-state index in [2.05, 4.69) is 0 Å². The number of aliphatic carboxylic acids is 1. The first-order valence-corrected chi connectivity index (χ1v) is 6.00. The summed E-state index contributed by atoms with van der Waals surface area (Å²) >= 11 is 0. The van der Waals surface area contributed by atoms with Crippen molar-refractivity contribution >= 4 is 11.8 Å². The molecule has 0 aliphatic heterocycles. The lowest BCUT2D eigenvalue weighted by atomic mass is 9.79. The van der Waals surface area contributed by atoms with E-state index >= 15 is 0 Å². The zero-order chi connectivity index (χ0) is 12.3. The highest BCUT2D eigenvalue weighted by Crippen LogP contribution is 2.31. The van der Waals surface area contributed by atoms with E-state index in [-0.39, 0.29) is 17.6 Å². The third-order valence-corrected chi connectivity index (χ3v) is 3.51. The average Bonchev–Trinajstić information content (AvgIpc) is 2.39. The number of benzene rings is 1. The normalized spacial score (nSPS) is 24.2. The highest BCUT2D eigenvalue weighted by molar-refractivity contribution is 5.97. The Bertz CT molecular complexity index is 403. The van der Waals surface area contributed by atoms with Crippen molar-refractivity contribution in [2.24, 2.45) is 11.8 Å². The van der Waals surface area contributed by atoms with Crippen LogP contribution in [0.15, 0.2) is 30.3 Å². The summed E-state index contributed by atoms with van der Waals surface area (Å²) in [6.07, 6.45) is 2.65. The van der Waals surface area contributed by atoms with Gasteiger partial charge in [0.2, 0.25) is 0 Å². The van der Waals surface area contributed by atoms with Crippen LogP contribution in [-0.2, 0) is 4.79 Å². The second-order valence-corrected chi connectivity index (χ2v) is 4.62. The van der Waals surface area contributed by atoms with E-state index < -0.39 is 5.97 Å². The van der Waals surface area contributed by atoms with Gasteiger partial charge in [0.15, 0.2) is 5.78 Å². The Morgan fingerprint density at radius 1 is 0.941 bits per heavy atom. The summed E-state index contributed by atoms with van der Waals surface area (Å²) in [6.45, 7) is 0. The predicted molar refractivity (Wildman–Crippen MR) is 63.9 cm³/mol. The third-order valence-electron chi connectivity index (χ3n) is 3.51. The van der Waals surface area contributed by atoms with Gasteiger partial charge in [-0.15, -0.1) is 0 Å². The molecule has 3 heteroatoms. The number of rotatable bonds is 3. The molecule has 0 aromatic heterocycles. The minimum absolute atomic E-state index is 0.00741. The van der Waals surface area contributed by atoms with Crippen LogP contribution in [0.1, 0.15) is 36.0 Å². The maximum atomic E-state index is 12.1. The first-order chi connectivity index (χ1) is 8.18. The van der Waals surface area contributed by atoms with Gasteiger partial charge in [-0.25, -0.2) is 0 Å². The summed E-state index contributed by atoms with van der Waals surface area (Å²) in [5.41, 5.74) is 0.742. The second-order valence-electron chi connectivity index (χ2n) is 4.62. The van der Waals surface area contributed by atoms with Gasteiger partial charge in [-0.3, -0.25) is 9.59 Å². The van der Waals surface area contributed by atoms with Gasteiger partial charge in [0.1, 0.15) is 0 Å². The molecular weight excluding hydrogens is 216 g/mol. The van der Waals surface area contributed by atoms with Crippen LogP contribution in [0.2, 0.25) is 0 Å². The molecule has 1 N–H and O–H groups in total. The molecular formula is C14H16O3. The fraction of sp³-hybridized carbons (Fsp3) is 0.429. The molecule has 1 aliphatic rings. The van der Waals surface area contributed by atoms with Gasteiger partial charge in [0.25, 0.3) is 0 Å². The maximum absolute atomic E-state index is 12.1. The van der Waals surface area contributed by atoms with E-state index in [1.807, 2.05) is 30.3 Å². The molecule has 1 fully saturated rings. The molecule has 0 spiro atoms. The highest BCUT2D eigenvalue weighted by atomic mass is 16.4. The fourth-order valence-electron chi connectivity index (χ4n) is 2.44. The van der Waals surface area contributed by atoms with Crippen LogP contribution in [0.4, 0.5) is 0 Å². The van der Waals surface area contributed by atoms with E-state index in [0.717, 1.165) is 5.56 Å². The summed E-state index contributed by atoms with van der Waals surface area (Å²) in [4.78, 5) is 22.9. The Morgan fingerprint density at radius 2 is 1.47 bits per heavy atom. The standard InChI is InChI=1S/C14H16O3/c15-13(10-4-2-1-3-5-10)11-6-8-12(9-7-11)14(16)17/h1-5,11-12H,6-9H2,(H,16,17)/t11-,12-. The molecule has 17 heavy (non-hydrogen) atoms. The van der Waals surface area contributed by atoms with E-state index in [1.54, 1.807) is 0 Å². The van der Waals surface area contributed by atoms with Gasteiger partial charge in [-0.05, 0) is 25.7 Å². The fourth-order valence-corrected chi connectivity index (χ4v) is 2.44. The molecule has 0 unspecified atom stereocenters. The Morgan fingerprint density at radius 3 is 2.00 bits per heavy atom. The van der Waals surface area contributed by atoms with Crippen molar-refractivity contribution in [2.45, 2.75) is 25.7 Å². The molecule has 0 bridgehead atoms. The molecule has 0 amide bonds. The minimum atomic E-state index is -0.726. The minimum Gasteiger partial charge on any atom is -0.481 e. The monoisotopic (exact) mass is 232 g/mol. The molecule has 2 rings (SSSR count). The summed E-state index contributed by atoms with van der Waals surface area (Å²) in [5, 5.41) is 8.90. The number of carbonyl (C=O) groups excluding carboxylic acids is 1. The molecule has 1 aliphatic carbocycles. The topological polar surface area (TPSA) is 54.4 Å². The first-order valence-electron chi connectivity index (χ1n) is 6.00. The van der Waals surface area contributed by atoms with E-state index in [0.29, 0.717) is 25.7 Å². The summed E-state index contributed by atoms with van der Waals surface area (Å²) in [7, 11) is 0. The number of hydrogen-bond donors (Lipinski definition) is 1. The van der Waals surface area contributed by atoms with Crippen molar-refractivity contribution < 1.29 is 14.7 Å². The SMILES string of the molecule is O=C(O)[C@H]1CC[C@H](C(=O)c2ccccc2)CC1. The zero-order valence-corrected chi connectivity index (χ0v) is 9.63. The van der Waals surface area contributed by atoms with Crippen LogP contribution in [0.25, 0.3) is 0 Å². The maximum Gasteiger partial charge on any atom is 0.306 e. The number of ketones is 1.